The van der Waals surface area contributed by atoms with Crippen LogP contribution < -0.4 is 5.32 Å². The maximum Gasteiger partial charge on any atom is 0.289 e. The first-order valence-electron chi connectivity index (χ1n) is 9.72. The van der Waals surface area contributed by atoms with E-state index in [0.29, 0.717) is 23.7 Å². The maximum atomic E-state index is 12.7. The van der Waals surface area contributed by atoms with Crippen LogP contribution in [-0.4, -0.2) is 44.7 Å². The Hall–Kier alpha value is -1.73. The highest BCUT2D eigenvalue weighted by atomic mass is 32.1. The van der Waals surface area contributed by atoms with Gasteiger partial charge >= 0.3 is 0 Å². The minimum absolute atomic E-state index is 0.0396. The van der Waals surface area contributed by atoms with Gasteiger partial charge in [0.25, 0.3) is 5.91 Å². The van der Waals surface area contributed by atoms with E-state index in [1.807, 2.05) is 0 Å². The van der Waals surface area contributed by atoms with Crippen LogP contribution in [0.3, 0.4) is 0 Å². The first-order chi connectivity index (χ1) is 12.8. The molecule has 138 valence electrons. The molecule has 1 amide bonds. The number of hydrogen-bond acceptors (Lipinski definition) is 5. The van der Waals surface area contributed by atoms with Crippen LogP contribution in [0.15, 0.2) is 16.8 Å². The smallest absolute Gasteiger partial charge is 0.289 e. The van der Waals surface area contributed by atoms with Gasteiger partial charge in [-0.3, -0.25) is 9.69 Å². The van der Waals surface area contributed by atoms with E-state index in [1.165, 1.54) is 18.4 Å². The molecule has 5 rings (SSSR count). The van der Waals surface area contributed by atoms with Crippen LogP contribution in [-0.2, 0) is 19.5 Å². The fourth-order valence-electron chi connectivity index (χ4n) is 4.88. The fraction of sp³-hybridized carbons (Fsp3) is 0.632. The van der Waals surface area contributed by atoms with Crippen molar-refractivity contribution in [2.45, 2.75) is 51.2 Å². The first kappa shape index (κ1) is 16.4. The molecule has 2 aliphatic heterocycles. The molecule has 1 saturated carbocycles. The number of fused-ring (bicyclic) bond motifs is 2. The van der Waals surface area contributed by atoms with Crippen LogP contribution in [0.5, 0.6) is 0 Å². The Balaban J connectivity index is 1.27. The van der Waals surface area contributed by atoms with Gasteiger partial charge in [0.05, 0.1) is 0 Å². The summed E-state index contributed by atoms with van der Waals surface area (Å²) in [6, 6.07) is 2.53. The number of likely N-dealkylation sites (tertiary alicyclic amines) is 1. The summed E-state index contributed by atoms with van der Waals surface area (Å²) in [5, 5.41) is 16.1. The van der Waals surface area contributed by atoms with E-state index in [1.54, 1.807) is 11.3 Å². The summed E-state index contributed by atoms with van der Waals surface area (Å²) in [6.45, 7) is 4.13. The average molecular weight is 372 g/mol. The molecule has 2 atom stereocenters. The van der Waals surface area contributed by atoms with Gasteiger partial charge in [-0.05, 0) is 47.1 Å². The number of carbonyl (C=O) groups excluding carboxylic acids is 1. The summed E-state index contributed by atoms with van der Waals surface area (Å²) >= 11 is 1.76. The Labute approximate surface area is 157 Å². The minimum Gasteiger partial charge on any atom is -0.347 e. The summed E-state index contributed by atoms with van der Waals surface area (Å²) < 4.78 is 2.08. The van der Waals surface area contributed by atoms with Gasteiger partial charge in [-0.2, -0.15) is 11.3 Å². The normalized spacial score (nSPS) is 26.0. The number of amides is 1. The zero-order valence-corrected chi connectivity index (χ0v) is 15.7. The number of nitrogens with zero attached hydrogens (tertiary/aromatic N) is 4. The molecule has 1 saturated heterocycles. The molecule has 1 aliphatic carbocycles. The summed E-state index contributed by atoms with van der Waals surface area (Å²) in [5.41, 5.74) is 1.41. The van der Waals surface area contributed by atoms with E-state index in [-0.39, 0.29) is 5.91 Å². The van der Waals surface area contributed by atoms with Crippen LogP contribution in [0.1, 0.15) is 47.7 Å². The quantitative estimate of drug-likeness (QED) is 0.896. The summed E-state index contributed by atoms with van der Waals surface area (Å²) in [4.78, 5) is 15.2. The zero-order valence-electron chi connectivity index (χ0n) is 14.9. The monoisotopic (exact) mass is 371 g/mol. The molecule has 4 heterocycles. The molecule has 0 spiro atoms. The van der Waals surface area contributed by atoms with Crippen molar-refractivity contribution in [2.75, 3.05) is 13.1 Å². The van der Waals surface area contributed by atoms with E-state index < -0.39 is 0 Å². The van der Waals surface area contributed by atoms with Crippen molar-refractivity contribution in [3.63, 3.8) is 0 Å². The lowest BCUT2D eigenvalue weighted by Crippen LogP contribution is -2.36. The predicted molar refractivity (Wildman–Crippen MR) is 100 cm³/mol. The van der Waals surface area contributed by atoms with Crippen molar-refractivity contribution >= 4 is 17.2 Å². The molecule has 2 aromatic rings. The van der Waals surface area contributed by atoms with Crippen LogP contribution >= 0.6 is 11.3 Å². The van der Waals surface area contributed by atoms with Crippen molar-refractivity contribution in [2.24, 2.45) is 11.8 Å². The number of rotatable bonds is 4. The molecule has 0 aromatic carbocycles. The molecular weight excluding hydrogens is 346 g/mol. The Kier molecular flexibility index (Phi) is 4.29. The lowest BCUT2D eigenvalue weighted by molar-refractivity contribution is 0.0919. The molecule has 2 fully saturated rings. The summed E-state index contributed by atoms with van der Waals surface area (Å²) in [5.74, 6) is 2.69. The molecule has 6 nitrogen and oxygen atoms in total. The van der Waals surface area contributed by atoms with Crippen molar-refractivity contribution in [3.8, 4) is 0 Å². The van der Waals surface area contributed by atoms with Gasteiger partial charge in [-0.15, -0.1) is 10.2 Å². The molecule has 3 aliphatic rings. The SMILES string of the molecule is O=C(NC1CCCC1)c1nnc2n1CC1CN(Cc3ccsc3)CC1C2. The molecule has 2 aromatic heterocycles. The Morgan fingerprint density at radius 2 is 2.04 bits per heavy atom. The summed E-state index contributed by atoms with van der Waals surface area (Å²) in [7, 11) is 0. The second-order valence-corrected chi connectivity index (χ2v) is 8.84. The number of nitrogens with one attached hydrogen (secondary N) is 1. The Morgan fingerprint density at radius 3 is 2.85 bits per heavy atom. The average Bonchev–Trinajstić information content (AvgIpc) is 3.40. The Bertz CT molecular complexity index is 780. The number of aromatic nitrogens is 3. The lowest BCUT2D eigenvalue weighted by Gasteiger charge is -2.26. The first-order valence-corrected chi connectivity index (χ1v) is 10.7. The van der Waals surface area contributed by atoms with E-state index >= 15 is 0 Å². The molecular formula is C19H25N5OS. The van der Waals surface area contributed by atoms with Crippen molar-refractivity contribution < 1.29 is 4.79 Å². The minimum atomic E-state index is -0.0396. The van der Waals surface area contributed by atoms with Gasteiger partial charge in [-0.1, -0.05) is 12.8 Å². The highest BCUT2D eigenvalue weighted by Gasteiger charge is 2.39. The van der Waals surface area contributed by atoms with Crippen molar-refractivity contribution in [3.05, 3.63) is 34.0 Å². The molecule has 26 heavy (non-hydrogen) atoms. The van der Waals surface area contributed by atoms with Crippen LogP contribution in [0.2, 0.25) is 0 Å². The third kappa shape index (κ3) is 3.07. The molecule has 1 N–H and O–H groups in total. The topological polar surface area (TPSA) is 63.1 Å². The van der Waals surface area contributed by atoms with E-state index in [0.717, 1.165) is 51.3 Å². The van der Waals surface area contributed by atoms with Crippen molar-refractivity contribution in [1.29, 1.82) is 0 Å². The van der Waals surface area contributed by atoms with Crippen LogP contribution in [0.4, 0.5) is 0 Å². The number of thiophene rings is 1. The third-order valence-corrected chi connectivity index (χ3v) is 6.95. The lowest BCUT2D eigenvalue weighted by atomic mass is 9.89. The fourth-order valence-corrected chi connectivity index (χ4v) is 5.54. The van der Waals surface area contributed by atoms with Gasteiger partial charge in [0.1, 0.15) is 5.82 Å². The molecule has 0 radical (unpaired) electrons. The van der Waals surface area contributed by atoms with Gasteiger partial charge < -0.3 is 9.88 Å². The number of hydrogen-bond donors (Lipinski definition) is 1. The van der Waals surface area contributed by atoms with Crippen LogP contribution in [0, 0.1) is 11.8 Å². The predicted octanol–water partition coefficient (Wildman–Crippen LogP) is 2.32. The largest absolute Gasteiger partial charge is 0.347 e. The standard InChI is InChI=1S/C19H25N5OS/c25-19(20-16-3-1-2-4-16)18-22-21-17-7-14-9-23(8-13-5-6-26-12-13)10-15(14)11-24(17)18/h5-6,12,14-16H,1-4,7-11H2,(H,20,25). The second kappa shape index (κ2) is 6.78. The van der Waals surface area contributed by atoms with E-state index in [4.69, 9.17) is 0 Å². The van der Waals surface area contributed by atoms with E-state index in [2.05, 4.69) is 41.8 Å². The molecule has 7 heteroatoms. The zero-order chi connectivity index (χ0) is 17.5. The number of carbonyl (C=O) groups is 1. The van der Waals surface area contributed by atoms with Crippen LogP contribution in [0.25, 0.3) is 0 Å². The van der Waals surface area contributed by atoms with E-state index in [9.17, 15) is 4.79 Å². The van der Waals surface area contributed by atoms with Gasteiger partial charge in [-0.25, -0.2) is 0 Å². The van der Waals surface area contributed by atoms with Gasteiger partial charge in [0.15, 0.2) is 0 Å². The van der Waals surface area contributed by atoms with Gasteiger partial charge in [0, 0.05) is 38.6 Å². The third-order valence-electron chi connectivity index (χ3n) is 6.22. The second-order valence-electron chi connectivity index (χ2n) is 8.06. The maximum absolute atomic E-state index is 12.7. The summed E-state index contributed by atoms with van der Waals surface area (Å²) in [6.07, 6.45) is 5.55. The Morgan fingerprint density at radius 1 is 1.19 bits per heavy atom. The molecule has 2 unspecified atom stereocenters. The van der Waals surface area contributed by atoms with Gasteiger partial charge in [0.2, 0.25) is 5.82 Å². The molecule has 0 bridgehead atoms. The highest BCUT2D eigenvalue weighted by Crippen LogP contribution is 2.33. The highest BCUT2D eigenvalue weighted by molar-refractivity contribution is 7.07. The van der Waals surface area contributed by atoms with Crippen molar-refractivity contribution in [1.82, 2.24) is 25.0 Å².